The molecule has 0 aromatic carbocycles. The molecule has 2 heteroatoms. The second-order valence-corrected chi connectivity index (χ2v) is 4.32. The van der Waals surface area contributed by atoms with Crippen molar-refractivity contribution >= 4 is 0 Å². The zero-order valence-corrected chi connectivity index (χ0v) is 9.50. The van der Waals surface area contributed by atoms with Gasteiger partial charge in [-0.3, -0.25) is 0 Å². The number of unbranched alkanes of at least 4 members (excludes halogenated alkanes) is 1. The summed E-state index contributed by atoms with van der Waals surface area (Å²) in [7, 11) is 4.43. The first-order chi connectivity index (χ1) is 6.74. The summed E-state index contributed by atoms with van der Waals surface area (Å²) >= 11 is 0. The van der Waals surface area contributed by atoms with E-state index in [1.807, 2.05) is 0 Å². The van der Waals surface area contributed by atoms with Gasteiger partial charge in [0, 0.05) is 12.5 Å². The molecule has 0 atom stereocenters. The molecule has 0 N–H and O–H groups in total. The molecule has 1 aliphatic rings. The Labute approximate surface area is 88.3 Å². The van der Waals surface area contributed by atoms with Gasteiger partial charge < -0.3 is 9.80 Å². The van der Waals surface area contributed by atoms with Gasteiger partial charge in [-0.1, -0.05) is 0 Å². The zero-order chi connectivity index (χ0) is 10.4. The standard InChI is InChI=1S/C12H22N2/c1-4-5-6-9-14(3)12-7-10-13(2)11-8-12/h1,12H,5-11H2,2-3H3. The van der Waals surface area contributed by atoms with Crippen molar-refractivity contribution in [2.24, 2.45) is 0 Å². The number of piperidine rings is 1. The Hall–Kier alpha value is -0.520. The molecule has 80 valence electrons. The predicted molar refractivity (Wildman–Crippen MR) is 61.2 cm³/mol. The van der Waals surface area contributed by atoms with Crippen molar-refractivity contribution in [1.82, 2.24) is 9.80 Å². The van der Waals surface area contributed by atoms with Crippen molar-refractivity contribution in [1.29, 1.82) is 0 Å². The minimum Gasteiger partial charge on any atom is -0.306 e. The largest absolute Gasteiger partial charge is 0.306 e. The molecule has 0 aromatic rings. The molecule has 1 aliphatic heterocycles. The van der Waals surface area contributed by atoms with Crippen LogP contribution in [0.15, 0.2) is 0 Å². The Bertz CT molecular complexity index is 187. The molecular weight excluding hydrogens is 172 g/mol. The van der Waals surface area contributed by atoms with E-state index >= 15 is 0 Å². The topological polar surface area (TPSA) is 6.48 Å². The minimum atomic E-state index is 0.781. The van der Waals surface area contributed by atoms with Crippen LogP contribution in [-0.4, -0.2) is 49.6 Å². The lowest BCUT2D eigenvalue weighted by Crippen LogP contribution is -2.42. The van der Waals surface area contributed by atoms with Crippen LogP contribution in [-0.2, 0) is 0 Å². The lowest BCUT2D eigenvalue weighted by Gasteiger charge is -2.35. The third-order valence-corrected chi connectivity index (χ3v) is 3.14. The Kier molecular flexibility index (Phi) is 5.00. The van der Waals surface area contributed by atoms with Crippen molar-refractivity contribution in [2.75, 3.05) is 33.7 Å². The van der Waals surface area contributed by atoms with Crippen molar-refractivity contribution < 1.29 is 0 Å². The van der Waals surface area contributed by atoms with Gasteiger partial charge in [0.05, 0.1) is 0 Å². The van der Waals surface area contributed by atoms with Crippen LogP contribution in [0, 0.1) is 12.3 Å². The van der Waals surface area contributed by atoms with Crippen molar-refractivity contribution in [2.45, 2.75) is 31.7 Å². The molecule has 2 nitrogen and oxygen atoms in total. The van der Waals surface area contributed by atoms with Gasteiger partial charge in [0.15, 0.2) is 0 Å². The maximum atomic E-state index is 5.24. The molecule has 0 unspecified atom stereocenters. The van der Waals surface area contributed by atoms with Crippen molar-refractivity contribution in [3.05, 3.63) is 0 Å². The third-order valence-electron chi connectivity index (χ3n) is 3.14. The molecule has 0 radical (unpaired) electrons. The first-order valence-electron chi connectivity index (χ1n) is 5.56. The van der Waals surface area contributed by atoms with E-state index in [0.717, 1.165) is 25.4 Å². The summed E-state index contributed by atoms with van der Waals surface area (Å²) in [6.45, 7) is 3.63. The molecule has 1 fully saturated rings. The number of hydrogen-bond acceptors (Lipinski definition) is 2. The number of rotatable bonds is 4. The number of terminal acetylenes is 1. The van der Waals surface area contributed by atoms with Gasteiger partial charge in [0.2, 0.25) is 0 Å². The van der Waals surface area contributed by atoms with Crippen LogP contribution in [0.2, 0.25) is 0 Å². The van der Waals surface area contributed by atoms with Gasteiger partial charge in [-0.2, -0.15) is 0 Å². The quantitative estimate of drug-likeness (QED) is 0.493. The second-order valence-electron chi connectivity index (χ2n) is 4.32. The van der Waals surface area contributed by atoms with Crippen LogP contribution in [0.25, 0.3) is 0 Å². The first kappa shape index (κ1) is 11.6. The third kappa shape index (κ3) is 3.69. The highest BCUT2D eigenvalue weighted by atomic mass is 15.2. The van der Waals surface area contributed by atoms with Crippen LogP contribution in [0.3, 0.4) is 0 Å². The van der Waals surface area contributed by atoms with E-state index in [4.69, 9.17) is 6.42 Å². The van der Waals surface area contributed by atoms with E-state index in [2.05, 4.69) is 29.8 Å². The van der Waals surface area contributed by atoms with E-state index in [9.17, 15) is 0 Å². The van der Waals surface area contributed by atoms with Crippen LogP contribution >= 0.6 is 0 Å². The van der Waals surface area contributed by atoms with Crippen molar-refractivity contribution in [3.63, 3.8) is 0 Å². The molecular formula is C12H22N2. The Morgan fingerprint density at radius 1 is 1.43 bits per heavy atom. The monoisotopic (exact) mass is 194 g/mol. The summed E-state index contributed by atoms with van der Waals surface area (Å²) in [5.74, 6) is 2.70. The lowest BCUT2D eigenvalue weighted by atomic mass is 10.0. The maximum Gasteiger partial charge on any atom is 0.0117 e. The Morgan fingerprint density at radius 2 is 2.07 bits per heavy atom. The van der Waals surface area contributed by atoms with Gasteiger partial charge in [0.25, 0.3) is 0 Å². The summed E-state index contributed by atoms with van der Waals surface area (Å²) in [4.78, 5) is 4.89. The molecule has 14 heavy (non-hydrogen) atoms. The fourth-order valence-electron chi connectivity index (χ4n) is 2.05. The SMILES string of the molecule is C#CCCCN(C)C1CCN(C)CC1. The van der Waals surface area contributed by atoms with Crippen LogP contribution in [0.5, 0.6) is 0 Å². The van der Waals surface area contributed by atoms with Gasteiger partial charge in [-0.15, -0.1) is 12.3 Å². The first-order valence-corrected chi connectivity index (χ1v) is 5.56. The molecule has 1 rings (SSSR count). The Balaban J connectivity index is 2.17. The van der Waals surface area contributed by atoms with E-state index in [1.165, 1.54) is 25.9 Å². The normalized spacial score (nSPS) is 19.9. The van der Waals surface area contributed by atoms with Crippen LogP contribution < -0.4 is 0 Å². The highest BCUT2D eigenvalue weighted by Crippen LogP contribution is 2.14. The van der Waals surface area contributed by atoms with Gasteiger partial charge in [0.1, 0.15) is 0 Å². The van der Waals surface area contributed by atoms with Crippen LogP contribution in [0.1, 0.15) is 25.7 Å². The smallest absolute Gasteiger partial charge is 0.0117 e. The molecule has 0 aromatic heterocycles. The average Bonchev–Trinajstić information content (AvgIpc) is 2.19. The fraction of sp³-hybridized carbons (Fsp3) is 0.833. The molecule has 1 saturated heterocycles. The molecule has 0 amide bonds. The van der Waals surface area contributed by atoms with Crippen molar-refractivity contribution in [3.8, 4) is 12.3 Å². The Morgan fingerprint density at radius 3 is 2.64 bits per heavy atom. The summed E-state index contributed by atoms with van der Waals surface area (Å²) < 4.78 is 0. The predicted octanol–water partition coefficient (Wildman–Crippen LogP) is 1.43. The average molecular weight is 194 g/mol. The van der Waals surface area contributed by atoms with E-state index in [0.29, 0.717) is 0 Å². The minimum absolute atomic E-state index is 0.781. The van der Waals surface area contributed by atoms with E-state index in [-0.39, 0.29) is 0 Å². The van der Waals surface area contributed by atoms with Gasteiger partial charge in [-0.05, 0) is 53.0 Å². The van der Waals surface area contributed by atoms with E-state index in [1.54, 1.807) is 0 Å². The molecule has 0 aliphatic carbocycles. The number of hydrogen-bond donors (Lipinski definition) is 0. The maximum absolute atomic E-state index is 5.24. The lowest BCUT2D eigenvalue weighted by molar-refractivity contribution is 0.144. The molecule has 0 spiro atoms. The second kappa shape index (κ2) is 6.06. The summed E-state index contributed by atoms with van der Waals surface area (Å²) in [6, 6.07) is 0.781. The zero-order valence-electron chi connectivity index (χ0n) is 9.50. The molecule has 1 heterocycles. The number of nitrogens with zero attached hydrogens (tertiary/aromatic N) is 2. The van der Waals surface area contributed by atoms with Gasteiger partial charge in [-0.25, -0.2) is 0 Å². The highest BCUT2D eigenvalue weighted by molar-refractivity contribution is 4.84. The summed E-state index contributed by atoms with van der Waals surface area (Å²) in [6.07, 6.45) is 9.91. The van der Waals surface area contributed by atoms with Gasteiger partial charge >= 0.3 is 0 Å². The number of likely N-dealkylation sites (tertiary alicyclic amines) is 1. The summed E-state index contributed by atoms with van der Waals surface area (Å²) in [5.41, 5.74) is 0. The van der Waals surface area contributed by atoms with E-state index < -0.39 is 0 Å². The highest BCUT2D eigenvalue weighted by Gasteiger charge is 2.19. The van der Waals surface area contributed by atoms with Crippen LogP contribution in [0.4, 0.5) is 0 Å². The molecule has 0 saturated carbocycles. The molecule has 0 bridgehead atoms. The fourth-order valence-corrected chi connectivity index (χ4v) is 2.05. The summed E-state index contributed by atoms with van der Waals surface area (Å²) in [5, 5.41) is 0.